The molecule has 0 saturated carbocycles. The fourth-order valence-corrected chi connectivity index (χ4v) is 4.36. The van der Waals surface area contributed by atoms with Gasteiger partial charge in [-0.25, -0.2) is 4.79 Å². The normalized spacial score (nSPS) is 16.6. The Bertz CT molecular complexity index is 1130. The summed E-state index contributed by atoms with van der Waals surface area (Å²) >= 11 is 12.5. The number of halogens is 2. The van der Waals surface area contributed by atoms with Gasteiger partial charge in [0.15, 0.2) is 0 Å². The van der Waals surface area contributed by atoms with E-state index in [-0.39, 0.29) is 23.8 Å². The Morgan fingerprint density at radius 2 is 1.85 bits per heavy atom. The lowest BCUT2D eigenvalue weighted by molar-refractivity contribution is -0.137. The highest BCUT2D eigenvalue weighted by Crippen LogP contribution is 2.43. The van der Waals surface area contributed by atoms with Crippen LogP contribution in [0.25, 0.3) is 11.1 Å². The van der Waals surface area contributed by atoms with Gasteiger partial charge in [0.2, 0.25) is 11.8 Å². The molecule has 0 aliphatic carbocycles. The van der Waals surface area contributed by atoms with E-state index in [1.165, 1.54) is 6.07 Å². The molecule has 2 aromatic rings. The molecule has 174 valence electrons. The van der Waals surface area contributed by atoms with Crippen LogP contribution in [0.2, 0.25) is 10.0 Å². The van der Waals surface area contributed by atoms with E-state index in [1.54, 1.807) is 18.2 Å². The first-order chi connectivity index (χ1) is 15.6. The molecule has 2 aromatic carbocycles. The summed E-state index contributed by atoms with van der Waals surface area (Å²) in [7, 11) is 0. The predicted octanol–water partition coefficient (Wildman–Crippen LogP) is 3.97. The quantitative estimate of drug-likeness (QED) is 0.438. The Morgan fingerprint density at radius 1 is 1.18 bits per heavy atom. The number of anilines is 1. The first-order valence-electron chi connectivity index (χ1n) is 10.5. The van der Waals surface area contributed by atoms with Gasteiger partial charge in [0, 0.05) is 35.2 Å². The molecule has 3 rings (SSSR count). The molecule has 33 heavy (non-hydrogen) atoms. The van der Waals surface area contributed by atoms with Crippen LogP contribution in [0.5, 0.6) is 0 Å². The topological polar surface area (TPSA) is 122 Å². The number of aliphatic carboxylic acids is 1. The highest BCUT2D eigenvalue weighted by Gasteiger charge is 2.32. The number of fused-ring (bicyclic) bond motifs is 1. The zero-order valence-corrected chi connectivity index (χ0v) is 19.8. The second kappa shape index (κ2) is 10.3. The summed E-state index contributed by atoms with van der Waals surface area (Å²) in [4.78, 5) is 36.0. The van der Waals surface area contributed by atoms with Crippen molar-refractivity contribution in [3.05, 3.63) is 63.1 Å². The maximum Gasteiger partial charge on any atom is 0.326 e. The second-order valence-electron chi connectivity index (χ2n) is 8.16. The van der Waals surface area contributed by atoms with Gasteiger partial charge in [0.05, 0.1) is 10.6 Å². The summed E-state index contributed by atoms with van der Waals surface area (Å²) in [5.74, 6) is -1.86. The Kier molecular flexibility index (Phi) is 7.66. The Labute approximate surface area is 201 Å². The predicted molar refractivity (Wildman–Crippen MR) is 130 cm³/mol. The smallest absolute Gasteiger partial charge is 0.326 e. The number of amides is 2. The minimum Gasteiger partial charge on any atom is -0.480 e. The van der Waals surface area contributed by atoms with Crippen LogP contribution < -0.4 is 16.4 Å². The number of carbonyl (C=O) groups excluding carboxylic acids is 2. The number of nitrogens with two attached hydrogens (primary N) is 1. The van der Waals surface area contributed by atoms with E-state index in [9.17, 15) is 19.5 Å². The molecule has 1 atom stereocenters. The third-order valence-electron chi connectivity index (χ3n) is 5.42. The average Bonchev–Trinajstić information content (AvgIpc) is 2.73. The summed E-state index contributed by atoms with van der Waals surface area (Å²) in [5, 5.41) is 16.0. The van der Waals surface area contributed by atoms with Crippen LogP contribution in [0.3, 0.4) is 0 Å². The van der Waals surface area contributed by atoms with Crippen molar-refractivity contribution in [2.24, 2.45) is 11.7 Å². The molecule has 1 heterocycles. The molecular weight excluding hydrogens is 465 g/mol. The van der Waals surface area contributed by atoms with Crippen LogP contribution in [0, 0.1) is 5.92 Å². The van der Waals surface area contributed by atoms with Gasteiger partial charge in [-0.05, 0) is 35.3 Å². The van der Waals surface area contributed by atoms with Gasteiger partial charge in [-0.3, -0.25) is 9.59 Å². The van der Waals surface area contributed by atoms with E-state index < -0.39 is 17.9 Å². The standard InChI is InChI=1S/C24H25Cl2N3O4/c1-12(2)23(31)28-8-7-13-3-5-14(6-4-13)20(22(27)30)16-11-19(24(32)33)29-18-10-15(25)9-17(26)21(16)18/h3-6,9-10,12,19,29H,7-8,11H2,1-2H3,(H2,27,30)(H,28,31)(H,32,33)/b20-16-. The first kappa shape index (κ1) is 24.6. The summed E-state index contributed by atoms with van der Waals surface area (Å²) in [6.45, 7) is 4.16. The average molecular weight is 490 g/mol. The molecule has 1 unspecified atom stereocenters. The number of benzene rings is 2. The number of hydrogen-bond donors (Lipinski definition) is 4. The molecule has 0 fully saturated rings. The number of carbonyl (C=O) groups is 3. The number of carboxylic acids is 1. The Morgan fingerprint density at radius 3 is 2.42 bits per heavy atom. The number of primary amides is 1. The van der Waals surface area contributed by atoms with E-state index >= 15 is 0 Å². The van der Waals surface area contributed by atoms with E-state index in [0.717, 1.165) is 5.56 Å². The number of nitrogens with one attached hydrogen (secondary N) is 2. The third-order valence-corrected chi connectivity index (χ3v) is 5.94. The highest BCUT2D eigenvalue weighted by molar-refractivity contribution is 6.38. The second-order valence-corrected chi connectivity index (χ2v) is 9.00. The highest BCUT2D eigenvalue weighted by atomic mass is 35.5. The van der Waals surface area contributed by atoms with Crippen molar-refractivity contribution in [2.75, 3.05) is 11.9 Å². The van der Waals surface area contributed by atoms with Crippen molar-refractivity contribution < 1.29 is 19.5 Å². The summed E-state index contributed by atoms with van der Waals surface area (Å²) < 4.78 is 0. The van der Waals surface area contributed by atoms with E-state index in [0.29, 0.717) is 45.4 Å². The number of carboxylic acid groups (broad SMARTS) is 1. The van der Waals surface area contributed by atoms with Crippen LogP contribution in [-0.2, 0) is 20.8 Å². The molecule has 1 aliphatic heterocycles. The molecule has 2 amide bonds. The van der Waals surface area contributed by atoms with Crippen molar-refractivity contribution in [2.45, 2.75) is 32.7 Å². The molecule has 0 bridgehead atoms. The fourth-order valence-electron chi connectivity index (χ4n) is 3.75. The van der Waals surface area contributed by atoms with E-state index in [2.05, 4.69) is 10.6 Å². The van der Waals surface area contributed by atoms with Crippen molar-refractivity contribution in [3.8, 4) is 0 Å². The first-order valence-corrected chi connectivity index (χ1v) is 11.2. The summed E-state index contributed by atoms with van der Waals surface area (Å²) in [6.07, 6.45) is 0.643. The molecule has 5 N–H and O–H groups in total. The van der Waals surface area contributed by atoms with Crippen LogP contribution >= 0.6 is 23.2 Å². The van der Waals surface area contributed by atoms with Gasteiger partial charge in [0.1, 0.15) is 6.04 Å². The van der Waals surface area contributed by atoms with Crippen LogP contribution in [0.4, 0.5) is 5.69 Å². The molecule has 0 aromatic heterocycles. The Balaban J connectivity index is 1.99. The largest absolute Gasteiger partial charge is 0.480 e. The SMILES string of the molecule is CC(C)C(=O)NCCc1ccc(/C(C(N)=O)=C2\CC(C(=O)O)Nc3cc(Cl)cc(Cl)c32)cc1. The molecule has 7 nitrogen and oxygen atoms in total. The lowest BCUT2D eigenvalue weighted by atomic mass is 9.85. The van der Waals surface area contributed by atoms with Crippen LogP contribution in [0.15, 0.2) is 36.4 Å². The molecule has 9 heteroatoms. The number of hydrogen-bond acceptors (Lipinski definition) is 4. The fraction of sp³-hybridized carbons (Fsp3) is 0.292. The van der Waals surface area contributed by atoms with Gasteiger partial charge in [-0.2, -0.15) is 0 Å². The van der Waals surface area contributed by atoms with Crippen molar-refractivity contribution in [1.29, 1.82) is 0 Å². The zero-order valence-electron chi connectivity index (χ0n) is 18.2. The van der Waals surface area contributed by atoms with Gasteiger partial charge < -0.3 is 21.5 Å². The van der Waals surface area contributed by atoms with Gasteiger partial charge in [0.25, 0.3) is 0 Å². The lowest BCUT2D eigenvalue weighted by Gasteiger charge is -2.29. The van der Waals surface area contributed by atoms with Crippen molar-refractivity contribution in [3.63, 3.8) is 0 Å². The Hall–Kier alpha value is -3.03. The lowest BCUT2D eigenvalue weighted by Crippen LogP contribution is -2.33. The van der Waals surface area contributed by atoms with E-state index in [4.69, 9.17) is 28.9 Å². The van der Waals surface area contributed by atoms with Gasteiger partial charge in [-0.15, -0.1) is 0 Å². The van der Waals surface area contributed by atoms with Crippen molar-refractivity contribution >= 4 is 57.8 Å². The van der Waals surface area contributed by atoms with Gasteiger partial charge >= 0.3 is 5.97 Å². The third kappa shape index (κ3) is 5.67. The monoisotopic (exact) mass is 489 g/mol. The summed E-state index contributed by atoms with van der Waals surface area (Å²) in [6, 6.07) is 9.35. The minimum atomic E-state index is -1.07. The molecule has 1 aliphatic rings. The zero-order chi connectivity index (χ0) is 24.3. The number of rotatable bonds is 7. The maximum atomic E-state index is 12.5. The molecular formula is C24H25Cl2N3O4. The van der Waals surface area contributed by atoms with E-state index in [1.807, 2.05) is 26.0 Å². The molecule has 0 radical (unpaired) electrons. The van der Waals surface area contributed by atoms with Gasteiger partial charge in [-0.1, -0.05) is 61.3 Å². The maximum absolute atomic E-state index is 12.5. The van der Waals surface area contributed by atoms with Crippen molar-refractivity contribution in [1.82, 2.24) is 5.32 Å². The molecule has 0 spiro atoms. The minimum absolute atomic E-state index is 0.0121. The van der Waals surface area contributed by atoms with Crippen LogP contribution in [0.1, 0.15) is 37.0 Å². The summed E-state index contributed by atoms with van der Waals surface area (Å²) in [5.41, 5.74) is 8.86. The van der Waals surface area contributed by atoms with Crippen LogP contribution in [-0.4, -0.2) is 35.5 Å². The molecule has 0 saturated heterocycles.